The van der Waals surface area contributed by atoms with Crippen molar-refractivity contribution < 1.29 is 4.74 Å². The quantitative estimate of drug-likeness (QED) is 0.741. The highest BCUT2D eigenvalue weighted by atomic mass is 35.5. The topological polar surface area (TPSA) is 52.0 Å². The molecule has 1 N–H and O–H groups in total. The number of hydrogen-bond acceptors (Lipinski definition) is 4. The van der Waals surface area contributed by atoms with Gasteiger partial charge in [0.05, 0.1) is 19.0 Å². The Morgan fingerprint density at radius 3 is 2.42 bits per heavy atom. The molecule has 0 saturated heterocycles. The van der Waals surface area contributed by atoms with Crippen LogP contribution < -0.4 is 10.1 Å². The number of benzene rings is 2. The summed E-state index contributed by atoms with van der Waals surface area (Å²) in [5.41, 5.74) is 3.54. The number of nitrogens with one attached hydrogen (secondary N) is 1. The lowest BCUT2D eigenvalue weighted by Crippen LogP contribution is -2.05. The Kier molecular flexibility index (Phi) is 6.21. The molecule has 0 bridgehead atoms. The van der Waals surface area contributed by atoms with Gasteiger partial charge < -0.3 is 10.1 Å². The van der Waals surface area contributed by atoms with Crippen molar-refractivity contribution in [1.29, 1.82) is 0 Å². The Morgan fingerprint density at radius 1 is 1.04 bits per heavy atom. The van der Waals surface area contributed by atoms with E-state index in [4.69, 9.17) is 4.74 Å². The molecule has 5 nitrogen and oxygen atoms in total. The van der Waals surface area contributed by atoms with Gasteiger partial charge in [0.2, 0.25) is 0 Å². The number of hydrogen-bond donors (Lipinski definition) is 1. The van der Waals surface area contributed by atoms with Crippen LogP contribution in [-0.2, 0) is 6.42 Å². The maximum atomic E-state index is 5.16. The smallest absolute Gasteiger partial charge is 0.169 e. The van der Waals surface area contributed by atoms with Gasteiger partial charge in [0.25, 0.3) is 0 Å². The van der Waals surface area contributed by atoms with Gasteiger partial charge in [-0.2, -0.15) is 0 Å². The summed E-state index contributed by atoms with van der Waals surface area (Å²) >= 11 is 0. The zero-order chi connectivity index (χ0) is 16.1. The predicted octanol–water partition coefficient (Wildman–Crippen LogP) is 3.66. The van der Waals surface area contributed by atoms with Gasteiger partial charge in [0.15, 0.2) is 5.82 Å². The average molecular weight is 345 g/mol. The Bertz CT molecular complexity index is 753. The summed E-state index contributed by atoms with van der Waals surface area (Å²) in [6, 6.07) is 16.3. The van der Waals surface area contributed by atoms with Gasteiger partial charge in [-0.05, 0) is 43.2 Å². The van der Waals surface area contributed by atoms with Crippen molar-refractivity contribution >= 4 is 18.2 Å². The highest BCUT2D eigenvalue weighted by Crippen LogP contribution is 2.15. The van der Waals surface area contributed by atoms with Crippen molar-refractivity contribution in [3.05, 3.63) is 65.9 Å². The highest BCUT2D eigenvalue weighted by Gasteiger charge is 2.03. The van der Waals surface area contributed by atoms with Gasteiger partial charge in [-0.15, -0.1) is 17.5 Å². The van der Waals surface area contributed by atoms with Crippen LogP contribution in [0.2, 0.25) is 0 Å². The van der Waals surface area contributed by atoms with Crippen molar-refractivity contribution in [1.82, 2.24) is 15.0 Å². The second-order valence-corrected chi connectivity index (χ2v) is 5.41. The molecule has 3 rings (SSSR count). The standard InChI is InChI=1S/C18H20N4O.ClH/c1-14-3-5-15(6-4-14)11-12-19-18-13-22(21-20-18)16-7-9-17(23-2)10-8-16;/h3-10,13,19H,11-12H2,1-2H3;1H. The van der Waals surface area contributed by atoms with E-state index in [2.05, 4.69) is 46.8 Å². The first kappa shape index (κ1) is 17.8. The molecule has 0 saturated carbocycles. The Morgan fingerprint density at radius 2 is 1.75 bits per heavy atom. The van der Waals surface area contributed by atoms with Gasteiger partial charge in [0.1, 0.15) is 5.75 Å². The first-order chi connectivity index (χ1) is 11.2. The number of aryl methyl sites for hydroxylation is 1. The summed E-state index contributed by atoms with van der Waals surface area (Å²) in [6.45, 7) is 2.92. The van der Waals surface area contributed by atoms with Crippen LogP contribution in [-0.4, -0.2) is 28.6 Å². The van der Waals surface area contributed by atoms with Crippen LogP contribution in [0.5, 0.6) is 5.75 Å². The lowest BCUT2D eigenvalue weighted by Gasteiger charge is -2.03. The fourth-order valence-corrected chi connectivity index (χ4v) is 2.30. The molecule has 6 heteroatoms. The minimum atomic E-state index is 0. The molecule has 1 heterocycles. The van der Waals surface area contributed by atoms with Crippen LogP contribution >= 0.6 is 12.4 Å². The molecule has 0 atom stereocenters. The predicted molar refractivity (Wildman–Crippen MR) is 98.5 cm³/mol. The summed E-state index contributed by atoms with van der Waals surface area (Å²) in [6.07, 6.45) is 2.84. The molecule has 0 spiro atoms. The van der Waals surface area contributed by atoms with E-state index >= 15 is 0 Å². The van der Waals surface area contributed by atoms with Crippen molar-refractivity contribution in [2.24, 2.45) is 0 Å². The minimum Gasteiger partial charge on any atom is -0.497 e. The number of ether oxygens (including phenoxy) is 1. The number of methoxy groups -OCH3 is 1. The maximum absolute atomic E-state index is 5.16. The van der Waals surface area contributed by atoms with Crippen molar-refractivity contribution in [3.8, 4) is 11.4 Å². The summed E-state index contributed by atoms with van der Waals surface area (Å²) in [4.78, 5) is 0. The van der Waals surface area contributed by atoms with E-state index < -0.39 is 0 Å². The third-order valence-corrected chi connectivity index (χ3v) is 3.67. The van der Waals surface area contributed by atoms with Gasteiger partial charge >= 0.3 is 0 Å². The molecule has 0 amide bonds. The minimum absolute atomic E-state index is 0. The Balaban J connectivity index is 0.00000208. The molecular weight excluding hydrogens is 324 g/mol. The van der Waals surface area contributed by atoms with E-state index in [9.17, 15) is 0 Å². The fourth-order valence-electron chi connectivity index (χ4n) is 2.30. The Labute approximate surface area is 148 Å². The van der Waals surface area contributed by atoms with E-state index in [0.29, 0.717) is 0 Å². The molecule has 1 aromatic heterocycles. The lowest BCUT2D eigenvalue weighted by atomic mass is 10.1. The molecular formula is C18H21ClN4O. The fraction of sp³-hybridized carbons (Fsp3) is 0.222. The van der Waals surface area contributed by atoms with Crippen molar-refractivity contribution in [3.63, 3.8) is 0 Å². The largest absolute Gasteiger partial charge is 0.497 e. The van der Waals surface area contributed by atoms with E-state index in [0.717, 1.165) is 30.2 Å². The first-order valence-corrected chi connectivity index (χ1v) is 7.61. The number of aromatic nitrogens is 3. The van der Waals surface area contributed by atoms with Gasteiger partial charge in [0, 0.05) is 6.54 Å². The summed E-state index contributed by atoms with van der Waals surface area (Å²) in [5.74, 6) is 1.60. The maximum Gasteiger partial charge on any atom is 0.169 e. The van der Waals surface area contributed by atoms with Crippen LogP contribution in [0.4, 0.5) is 5.82 Å². The van der Waals surface area contributed by atoms with Gasteiger partial charge in [-0.25, -0.2) is 4.68 Å². The SMILES string of the molecule is COc1ccc(-n2cc(NCCc3ccc(C)cc3)nn2)cc1.Cl. The number of halogens is 1. The van der Waals surface area contributed by atoms with E-state index in [-0.39, 0.29) is 12.4 Å². The first-order valence-electron chi connectivity index (χ1n) is 7.61. The van der Waals surface area contributed by atoms with Crippen LogP contribution in [0.15, 0.2) is 54.7 Å². The molecule has 2 aromatic carbocycles. The monoisotopic (exact) mass is 344 g/mol. The van der Waals surface area contributed by atoms with Gasteiger partial charge in [-0.1, -0.05) is 35.0 Å². The molecule has 0 unspecified atom stereocenters. The molecule has 0 fully saturated rings. The highest BCUT2D eigenvalue weighted by molar-refractivity contribution is 5.85. The number of nitrogens with zero attached hydrogens (tertiary/aromatic N) is 3. The number of rotatable bonds is 6. The van der Waals surface area contributed by atoms with E-state index in [1.165, 1.54) is 11.1 Å². The normalized spacial score (nSPS) is 10.1. The van der Waals surface area contributed by atoms with Crippen LogP contribution in [0.1, 0.15) is 11.1 Å². The average Bonchev–Trinajstić information content (AvgIpc) is 3.06. The van der Waals surface area contributed by atoms with Gasteiger partial charge in [-0.3, -0.25) is 0 Å². The summed E-state index contributed by atoms with van der Waals surface area (Å²) in [5, 5.41) is 11.6. The summed E-state index contributed by atoms with van der Waals surface area (Å²) in [7, 11) is 1.65. The Hall–Kier alpha value is -2.53. The molecule has 0 aliphatic heterocycles. The summed E-state index contributed by atoms with van der Waals surface area (Å²) < 4.78 is 6.90. The zero-order valence-corrected chi connectivity index (χ0v) is 14.6. The second-order valence-electron chi connectivity index (χ2n) is 5.41. The van der Waals surface area contributed by atoms with Crippen molar-refractivity contribution in [2.45, 2.75) is 13.3 Å². The molecule has 126 valence electrons. The molecule has 3 aromatic rings. The zero-order valence-electron chi connectivity index (χ0n) is 13.8. The second kappa shape index (κ2) is 8.36. The number of anilines is 1. The third-order valence-electron chi connectivity index (χ3n) is 3.67. The third kappa shape index (κ3) is 4.49. The van der Waals surface area contributed by atoms with E-state index in [1.807, 2.05) is 30.5 Å². The van der Waals surface area contributed by atoms with Crippen LogP contribution in [0.3, 0.4) is 0 Å². The van der Waals surface area contributed by atoms with Crippen LogP contribution in [0, 0.1) is 6.92 Å². The van der Waals surface area contributed by atoms with Crippen LogP contribution in [0.25, 0.3) is 5.69 Å². The molecule has 24 heavy (non-hydrogen) atoms. The molecule has 0 aliphatic carbocycles. The van der Waals surface area contributed by atoms with E-state index in [1.54, 1.807) is 11.8 Å². The molecule has 0 aliphatic rings. The van der Waals surface area contributed by atoms with Crippen molar-refractivity contribution in [2.75, 3.05) is 19.0 Å². The molecule has 0 radical (unpaired) electrons. The lowest BCUT2D eigenvalue weighted by molar-refractivity contribution is 0.414.